The minimum absolute atomic E-state index is 0.104. The lowest BCUT2D eigenvalue weighted by atomic mass is 10.00. The van der Waals surface area contributed by atoms with Crippen LogP contribution in [-0.2, 0) is 16.1 Å². The van der Waals surface area contributed by atoms with E-state index in [2.05, 4.69) is 10.3 Å². The fourth-order valence-electron chi connectivity index (χ4n) is 3.61. The zero-order valence-electron chi connectivity index (χ0n) is 22.0. The van der Waals surface area contributed by atoms with E-state index in [-0.39, 0.29) is 47.1 Å². The lowest BCUT2D eigenvalue weighted by molar-refractivity contribution is -0.192. The monoisotopic (exact) mass is 626 g/mol. The van der Waals surface area contributed by atoms with Crippen LogP contribution in [0.2, 0.25) is 5.02 Å². The minimum Gasteiger partial charge on any atom is -0.485 e. The highest BCUT2D eigenvalue weighted by Gasteiger charge is 2.38. The van der Waals surface area contributed by atoms with Gasteiger partial charge in [-0.15, -0.1) is 0 Å². The number of aliphatic carboxylic acids is 1. The highest BCUT2D eigenvalue weighted by molar-refractivity contribution is 6.30. The standard InChI is InChI=1S/C23H24ClF3N4O4.C2HF3O2/c1-13-19(21(32)29-12-23(2,7-4-8-25)35-22(28)33)31-10-14(24)9-18(20(31)30-13)34-11-15-16(26)5-3-6-17(15)27;3-2(4,5)1(6)7/h3,5-6,9-10H,4,7-8,11-12H2,1-2H3,(H2,28,33)(H,29,32);(H,6,7). The van der Waals surface area contributed by atoms with Crippen molar-refractivity contribution in [2.45, 2.75) is 45.1 Å². The van der Waals surface area contributed by atoms with E-state index in [0.717, 1.165) is 12.1 Å². The number of nitrogens with one attached hydrogen (secondary N) is 1. The zero-order valence-corrected chi connectivity index (χ0v) is 22.8. The number of hydrogen-bond acceptors (Lipinski definition) is 6. The van der Waals surface area contributed by atoms with Gasteiger partial charge in [0.05, 0.1) is 29.5 Å². The first kappa shape index (κ1) is 34.0. The molecule has 2 amide bonds. The van der Waals surface area contributed by atoms with Gasteiger partial charge in [-0.3, -0.25) is 13.6 Å². The number of benzene rings is 1. The summed E-state index contributed by atoms with van der Waals surface area (Å²) in [6.07, 6.45) is -4.46. The van der Waals surface area contributed by atoms with Gasteiger partial charge in [-0.2, -0.15) is 13.2 Å². The van der Waals surface area contributed by atoms with Crippen molar-refractivity contribution in [2.75, 3.05) is 13.2 Å². The Bertz CT molecular complexity index is 1430. The SMILES string of the molecule is Cc1nc2c(OCc3c(F)cccc3F)cc(Cl)cn2c1C(=O)NCC(C)(CCCF)OC(N)=O.O=C(O)C(F)(F)F. The molecule has 3 aromatic rings. The molecule has 2 heterocycles. The fraction of sp³-hybridized carbons (Fsp3) is 0.360. The molecule has 0 bridgehead atoms. The van der Waals surface area contributed by atoms with Crippen molar-refractivity contribution in [1.82, 2.24) is 14.7 Å². The number of nitrogens with zero attached hydrogens (tertiary/aromatic N) is 2. The van der Waals surface area contributed by atoms with Gasteiger partial charge in [0, 0.05) is 12.3 Å². The minimum atomic E-state index is -5.08. The Labute approximate surface area is 239 Å². The molecule has 1 atom stereocenters. The van der Waals surface area contributed by atoms with Crippen LogP contribution in [0, 0.1) is 18.6 Å². The number of pyridine rings is 1. The van der Waals surface area contributed by atoms with Crippen LogP contribution in [-0.4, -0.2) is 57.5 Å². The van der Waals surface area contributed by atoms with Crippen LogP contribution < -0.4 is 15.8 Å². The number of carboxylic acid groups (broad SMARTS) is 1. The smallest absolute Gasteiger partial charge is 0.485 e. The predicted molar refractivity (Wildman–Crippen MR) is 136 cm³/mol. The largest absolute Gasteiger partial charge is 0.490 e. The molecular formula is C25H25ClF6N4O6. The van der Waals surface area contributed by atoms with Gasteiger partial charge in [-0.25, -0.2) is 23.4 Å². The first-order valence-electron chi connectivity index (χ1n) is 11.9. The number of alkyl halides is 4. The molecule has 3 rings (SSSR count). The molecule has 42 heavy (non-hydrogen) atoms. The van der Waals surface area contributed by atoms with Gasteiger partial charge in [0.2, 0.25) is 0 Å². The lowest BCUT2D eigenvalue weighted by Crippen LogP contribution is -2.45. The van der Waals surface area contributed by atoms with E-state index < -0.39 is 54.7 Å². The van der Waals surface area contributed by atoms with E-state index in [1.54, 1.807) is 6.92 Å². The number of nitrogens with two attached hydrogens (primary N) is 1. The van der Waals surface area contributed by atoms with E-state index in [1.807, 2.05) is 0 Å². The topological polar surface area (TPSA) is 145 Å². The van der Waals surface area contributed by atoms with Crippen LogP contribution >= 0.6 is 11.6 Å². The summed E-state index contributed by atoms with van der Waals surface area (Å²) >= 11 is 6.20. The molecule has 0 spiro atoms. The van der Waals surface area contributed by atoms with Crippen LogP contribution in [0.1, 0.15) is 41.5 Å². The first-order valence-corrected chi connectivity index (χ1v) is 12.2. The van der Waals surface area contributed by atoms with Gasteiger partial charge < -0.3 is 25.6 Å². The second kappa shape index (κ2) is 14.1. The molecule has 0 fully saturated rings. The molecule has 4 N–H and O–H groups in total. The number of fused-ring (bicyclic) bond motifs is 1. The third kappa shape index (κ3) is 9.15. The average molecular weight is 627 g/mol. The number of carbonyl (C=O) groups is 3. The number of aryl methyl sites for hydroxylation is 1. The van der Waals surface area contributed by atoms with Crippen molar-refractivity contribution in [2.24, 2.45) is 5.73 Å². The van der Waals surface area contributed by atoms with Crippen molar-refractivity contribution in [3.8, 4) is 5.75 Å². The number of halogens is 7. The van der Waals surface area contributed by atoms with E-state index in [0.29, 0.717) is 5.69 Å². The number of aromatic nitrogens is 2. The summed E-state index contributed by atoms with van der Waals surface area (Å²) in [6.45, 7) is 1.91. The van der Waals surface area contributed by atoms with Crippen molar-refractivity contribution >= 4 is 35.2 Å². The zero-order chi connectivity index (χ0) is 31.8. The summed E-state index contributed by atoms with van der Waals surface area (Å²) in [4.78, 5) is 37.5. The number of ether oxygens (including phenoxy) is 2. The molecule has 0 aliphatic heterocycles. The molecule has 1 aromatic carbocycles. The quantitative estimate of drug-likeness (QED) is 0.265. The Hall–Kier alpha value is -4.21. The first-order chi connectivity index (χ1) is 19.5. The van der Waals surface area contributed by atoms with E-state index in [9.17, 15) is 35.9 Å². The average Bonchev–Trinajstić information content (AvgIpc) is 3.21. The third-order valence-corrected chi connectivity index (χ3v) is 5.73. The van der Waals surface area contributed by atoms with Crippen molar-refractivity contribution in [1.29, 1.82) is 0 Å². The molecule has 17 heteroatoms. The summed E-state index contributed by atoms with van der Waals surface area (Å²) in [5.41, 5.74) is 4.24. The van der Waals surface area contributed by atoms with Gasteiger partial charge in [0.1, 0.15) is 29.5 Å². The van der Waals surface area contributed by atoms with Gasteiger partial charge in [0.15, 0.2) is 11.4 Å². The van der Waals surface area contributed by atoms with Crippen LogP contribution in [0.5, 0.6) is 5.75 Å². The molecule has 0 aliphatic carbocycles. The van der Waals surface area contributed by atoms with Crippen molar-refractivity contribution in [3.63, 3.8) is 0 Å². The maximum atomic E-state index is 14.0. The predicted octanol–water partition coefficient (Wildman–Crippen LogP) is 5.12. The Morgan fingerprint density at radius 1 is 1.19 bits per heavy atom. The Morgan fingerprint density at radius 2 is 1.79 bits per heavy atom. The molecule has 10 nitrogen and oxygen atoms in total. The number of primary amides is 1. The van der Waals surface area contributed by atoms with Crippen molar-refractivity contribution in [3.05, 3.63) is 64.1 Å². The second-order valence-electron chi connectivity index (χ2n) is 8.90. The van der Waals surface area contributed by atoms with Crippen LogP contribution in [0.15, 0.2) is 30.5 Å². The lowest BCUT2D eigenvalue weighted by Gasteiger charge is -2.28. The number of imidazole rings is 1. The van der Waals surface area contributed by atoms with Crippen molar-refractivity contribution < 1.29 is 55.3 Å². The van der Waals surface area contributed by atoms with Crippen LogP contribution in [0.25, 0.3) is 5.65 Å². The van der Waals surface area contributed by atoms with Gasteiger partial charge in [-0.05, 0) is 38.8 Å². The number of rotatable bonds is 10. The van der Waals surface area contributed by atoms with Gasteiger partial charge >= 0.3 is 18.2 Å². The van der Waals surface area contributed by atoms with E-state index in [4.69, 9.17) is 36.7 Å². The van der Waals surface area contributed by atoms with Crippen LogP contribution in [0.4, 0.5) is 31.1 Å². The van der Waals surface area contributed by atoms with Crippen LogP contribution in [0.3, 0.4) is 0 Å². The Balaban J connectivity index is 0.000000782. The molecule has 0 saturated heterocycles. The molecule has 1 unspecified atom stereocenters. The molecule has 230 valence electrons. The third-order valence-electron chi connectivity index (χ3n) is 5.53. The summed E-state index contributed by atoms with van der Waals surface area (Å²) in [5, 5.41) is 9.95. The maximum absolute atomic E-state index is 14.0. The normalized spacial score (nSPS) is 12.6. The summed E-state index contributed by atoms with van der Waals surface area (Å²) < 4.78 is 84.4. The number of amides is 2. The van der Waals surface area contributed by atoms with E-state index in [1.165, 1.54) is 29.7 Å². The summed E-state index contributed by atoms with van der Waals surface area (Å²) in [6, 6.07) is 4.88. The molecule has 2 aromatic heterocycles. The van der Waals surface area contributed by atoms with Gasteiger partial charge in [0.25, 0.3) is 5.91 Å². The Morgan fingerprint density at radius 3 is 2.31 bits per heavy atom. The molecular weight excluding hydrogens is 602 g/mol. The Kier molecular flexibility index (Phi) is 11.4. The number of hydrogen-bond donors (Lipinski definition) is 3. The second-order valence-corrected chi connectivity index (χ2v) is 9.34. The molecule has 0 saturated carbocycles. The fourth-order valence-corrected chi connectivity index (χ4v) is 3.80. The maximum Gasteiger partial charge on any atom is 0.490 e. The summed E-state index contributed by atoms with van der Waals surface area (Å²) in [7, 11) is 0. The molecule has 0 aliphatic rings. The number of carboxylic acids is 1. The summed E-state index contributed by atoms with van der Waals surface area (Å²) in [5.74, 6) is -4.77. The highest BCUT2D eigenvalue weighted by Crippen LogP contribution is 2.28. The number of carbonyl (C=O) groups excluding carboxylic acids is 2. The van der Waals surface area contributed by atoms with E-state index >= 15 is 0 Å². The highest BCUT2D eigenvalue weighted by atomic mass is 35.5. The molecule has 0 radical (unpaired) electrons. The van der Waals surface area contributed by atoms with Gasteiger partial charge in [-0.1, -0.05) is 17.7 Å².